The third-order valence-electron chi connectivity index (χ3n) is 3.78. The minimum absolute atomic E-state index is 0.152. The van der Waals surface area contributed by atoms with E-state index in [0.29, 0.717) is 6.54 Å². The molecule has 2 heterocycles. The molecule has 0 saturated carbocycles. The highest BCUT2D eigenvalue weighted by atomic mass is 32.1. The topological polar surface area (TPSA) is 55.6 Å². The summed E-state index contributed by atoms with van der Waals surface area (Å²) in [4.78, 5) is 18.3. The maximum Gasteiger partial charge on any atom is 0.373 e. The van der Waals surface area contributed by atoms with Gasteiger partial charge in [-0.15, -0.1) is 11.3 Å². The zero-order chi connectivity index (χ0) is 16.4. The number of benzene rings is 1. The van der Waals surface area contributed by atoms with Crippen molar-refractivity contribution in [2.75, 3.05) is 14.2 Å². The van der Waals surface area contributed by atoms with Crippen LogP contribution in [0.25, 0.3) is 10.2 Å². The third kappa shape index (κ3) is 3.28. The summed E-state index contributed by atoms with van der Waals surface area (Å²) >= 11 is 1.70. The van der Waals surface area contributed by atoms with Gasteiger partial charge in [0.05, 0.1) is 29.9 Å². The summed E-state index contributed by atoms with van der Waals surface area (Å²) in [6.45, 7) is 2.70. The molecule has 0 aliphatic rings. The summed E-state index contributed by atoms with van der Waals surface area (Å²) in [6, 6.07) is 11.7. The van der Waals surface area contributed by atoms with Crippen LogP contribution in [0, 0.1) is 0 Å². The number of nitrogens with zero attached hydrogens (tertiary/aromatic N) is 2. The van der Waals surface area contributed by atoms with Crippen molar-refractivity contribution in [3.8, 4) is 0 Å². The van der Waals surface area contributed by atoms with Crippen LogP contribution in [0.4, 0.5) is 0 Å². The van der Waals surface area contributed by atoms with Gasteiger partial charge in [0.2, 0.25) is 5.76 Å². The van der Waals surface area contributed by atoms with E-state index < -0.39 is 5.97 Å². The number of hydrogen-bond acceptors (Lipinski definition) is 6. The highest BCUT2D eigenvalue weighted by Crippen LogP contribution is 2.29. The predicted molar refractivity (Wildman–Crippen MR) is 89.5 cm³/mol. The lowest BCUT2D eigenvalue weighted by molar-refractivity contribution is 0.0561. The van der Waals surface area contributed by atoms with E-state index in [1.807, 2.05) is 25.2 Å². The molecule has 2 aromatic heterocycles. The molecule has 120 valence electrons. The van der Waals surface area contributed by atoms with Crippen LogP contribution in [0.1, 0.15) is 34.3 Å². The second kappa shape index (κ2) is 6.52. The average Bonchev–Trinajstić information content (AvgIpc) is 3.19. The average molecular weight is 330 g/mol. The van der Waals surface area contributed by atoms with Crippen LogP contribution in [-0.2, 0) is 11.3 Å². The van der Waals surface area contributed by atoms with E-state index in [4.69, 9.17) is 9.40 Å². The minimum atomic E-state index is -0.460. The Morgan fingerprint density at radius 1 is 1.35 bits per heavy atom. The largest absolute Gasteiger partial charge is 0.463 e. The van der Waals surface area contributed by atoms with E-state index >= 15 is 0 Å². The number of fused-ring (bicyclic) bond motifs is 1. The van der Waals surface area contributed by atoms with E-state index in [0.717, 1.165) is 16.3 Å². The third-order valence-corrected chi connectivity index (χ3v) is 4.99. The number of hydrogen-bond donors (Lipinski definition) is 0. The first-order valence-electron chi connectivity index (χ1n) is 7.31. The molecule has 0 fully saturated rings. The summed E-state index contributed by atoms with van der Waals surface area (Å²) in [5, 5.41) is 1.06. The first-order valence-corrected chi connectivity index (χ1v) is 8.13. The van der Waals surface area contributed by atoms with E-state index in [1.165, 1.54) is 11.8 Å². The molecule has 1 aromatic carbocycles. The van der Waals surface area contributed by atoms with Crippen molar-refractivity contribution in [2.45, 2.75) is 19.5 Å². The molecule has 0 spiro atoms. The molecule has 0 radical (unpaired) electrons. The van der Waals surface area contributed by atoms with Crippen molar-refractivity contribution in [1.29, 1.82) is 0 Å². The second-order valence-electron chi connectivity index (χ2n) is 5.37. The van der Waals surface area contributed by atoms with Crippen molar-refractivity contribution >= 4 is 27.5 Å². The van der Waals surface area contributed by atoms with Gasteiger partial charge in [-0.1, -0.05) is 12.1 Å². The summed E-state index contributed by atoms with van der Waals surface area (Å²) in [6.07, 6.45) is 0. The molecule has 3 aromatic rings. The van der Waals surface area contributed by atoms with Crippen LogP contribution in [0.3, 0.4) is 0 Å². The van der Waals surface area contributed by atoms with E-state index in [9.17, 15) is 4.79 Å². The molecule has 1 atom stereocenters. The summed E-state index contributed by atoms with van der Waals surface area (Å²) < 4.78 is 11.4. The molecule has 0 aliphatic carbocycles. The fourth-order valence-corrected chi connectivity index (χ4v) is 3.40. The number of methoxy groups -OCH3 is 1. The molecular weight excluding hydrogens is 312 g/mol. The van der Waals surface area contributed by atoms with Gasteiger partial charge < -0.3 is 9.15 Å². The molecule has 0 amide bonds. The maximum absolute atomic E-state index is 11.4. The van der Waals surface area contributed by atoms with Crippen LogP contribution in [0.15, 0.2) is 40.8 Å². The molecule has 0 aliphatic heterocycles. The number of rotatable bonds is 5. The Kier molecular flexibility index (Phi) is 4.45. The van der Waals surface area contributed by atoms with Crippen LogP contribution in [0.2, 0.25) is 0 Å². The summed E-state index contributed by atoms with van der Waals surface area (Å²) in [7, 11) is 3.35. The number of carbonyl (C=O) groups excluding carboxylic acids is 1. The number of furan rings is 1. The molecule has 0 unspecified atom stereocenters. The smallest absolute Gasteiger partial charge is 0.373 e. The number of esters is 1. The molecular formula is C17H18N2O3S. The van der Waals surface area contributed by atoms with Crippen molar-refractivity contribution < 1.29 is 13.9 Å². The normalized spacial score (nSPS) is 12.7. The van der Waals surface area contributed by atoms with Gasteiger partial charge in [-0.2, -0.15) is 0 Å². The molecule has 0 bridgehead atoms. The molecule has 6 heteroatoms. The molecule has 23 heavy (non-hydrogen) atoms. The van der Waals surface area contributed by atoms with Crippen LogP contribution >= 0.6 is 11.3 Å². The van der Waals surface area contributed by atoms with E-state index in [2.05, 4.69) is 22.6 Å². The summed E-state index contributed by atoms with van der Waals surface area (Å²) in [5.41, 5.74) is 1.03. The van der Waals surface area contributed by atoms with Crippen LogP contribution < -0.4 is 0 Å². The zero-order valence-corrected chi connectivity index (χ0v) is 14.1. The fourth-order valence-electron chi connectivity index (χ4n) is 2.31. The van der Waals surface area contributed by atoms with Gasteiger partial charge >= 0.3 is 5.97 Å². The van der Waals surface area contributed by atoms with Crippen molar-refractivity contribution in [1.82, 2.24) is 9.88 Å². The Bertz CT molecular complexity index is 791. The van der Waals surface area contributed by atoms with Gasteiger partial charge in [-0.3, -0.25) is 4.90 Å². The molecule has 0 saturated heterocycles. The predicted octanol–water partition coefficient (Wildman–Crippen LogP) is 3.87. The first kappa shape index (κ1) is 15.7. The number of aromatic nitrogens is 1. The molecule has 0 N–H and O–H groups in total. The van der Waals surface area contributed by atoms with Crippen LogP contribution in [0.5, 0.6) is 0 Å². The lowest BCUT2D eigenvalue weighted by Gasteiger charge is -2.21. The quantitative estimate of drug-likeness (QED) is 0.665. The Balaban J connectivity index is 1.73. The van der Waals surface area contributed by atoms with Gasteiger partial charge in [-0.25, -0.2) is 9.78 Å². The highest BCUT2D eigenvalue weighted by Gasteiger charge is 2.18. The Labute approximate surface area is 138 Å². The van der Waals surface area contributed by atoms with Crippen molar-refractivity contribution in [3.05, 3.63) is 52.9 Å². The molecule has 3 rings (SSSR count). The zero-order valence-electron chi connectivity index (χ0n) is 13.3. The number of carbonyl (C=O) groups is 1. The van der Waals surface area contributed by atoms with Crippen LogP contribution in [-0.4, -0.2) is 30.0 Å². The Morgan fingerprint density at radius 3 is 2.87 bits per heavy atom. The van der Waals surface area contributed by atoms with E-state index in [1.54, 1.807) is 23.5 Å². The second-order valence-corrected chi connectivity index (χ2v) is 6.43. The fraction of sp³-hybridized carbons (Fsp3) is 0.294. The van der Waals surface area contributed by atoms with Gasteiger partial charge in [0.1, 0.15) is 10.8 Å². The SMILES string of the molecule is COC(=O)c1ccc(CN(C)[C@H](C)c2nc3ccccc3s2)o1. The Hall–Kier alpha value is -2.18. The van der Waals surface area contributed by atoms with E-state index in [-0.39, 0.29) is 11.8 Å². The highest BCUT2D eigenvalue weighted by molar-refractivity contribution is 7.18. The number of para-hydroxylation sites is 1. The standard InChI is InChI=1S/C17H18N2O3S/c1-11(16-18-13-6-4-5-7-15(13)23-16)19(2)10-12-8-9-14(22-12)17(20)21-3/h4-9,11H,10H2,1-3H3/t11-/m1/s1. The number of ether oxygens (including phenoxy) is 1. The first-order chi connectivity index (χ1) is 11.1. The summed E-state index contributed by atoms with van der Waals surface area (Å²) in [5.74, 6) is 0.488. The lowest BCUT2D eigenvalue weighted by Crippen LogP contribution is -2.21. The van der Waals surface area contributed by atoms with Gasteiger partial charge in [0.25, 0.3) is 0 Å². The minimum Gasteiger partial charge on any atom is -0.463 e. The van der Waals surface area contributed by atoms with Gasteiger partial charge in [0, 0.05) is 0 Å². The van der Waals surface area contributed by atoms with Crippen molar-refractivity contribution in [2.24, 2.45) is 0 Å². The Morgan fingerprint density at radius 2 is 2.13 bits per heavy atom. The monoisotopic (exact) mass is 330 g/mol. The van der Waals surface area contributed by atoms with Crippen molar-refractivity contribution in [3.63, 3.8) is 0 Å². The number of thiazole rings is 1. The maximum atomic E-state index is 11.4. The van der Waals surface area contributed by atoms with Gasteiger partial charge in [0.15, 0.2) is 0 Å². The molecule has 5 nitrogen and oxygen atoms in total. The lowest BCUT2D eigenvalue weighted by atomic mass is 10.3. The van der Waals surface area contributed by atoms with Gasteiger partial charge in [-0.05, 0) is 38.2 Å².